The van der Waals surface area contributed by atoms with Crippen molar-refractivity contribution in [3.8, 4) is 0 Å². The van der Waals surface area contributed by atoms with Gasteiger partial charge >= 0.3 is 0 Å². The lowest BCUT2D eigenvalue weighted by molar-refractivity contribution is -0.326. The number of hydrogen-bond acceptors (Lipinski definition) is 48. The summed E-state index contributed by atoms with van der Waals surface area (Å²) in [5.74, 6) is -8.25. The van der Waals surface area contributed by atoms with Crippen LogP contribution in [-0.4, -0.2) is 536 Å². The first-order chi connectivity index (χ1) is 71.3. The largest absolute Gasteiger partial charge is 0.394 e. The number of rotatable bonds is 44. The van der Waals surface area contributed by atoms with Crippen LogP contribution in [-0.2, 0) is 89.1 Å². The van der Waals surface area contributed by atoms with Crippen LogP contribution in [0.4, 0.5) is 22.7 Å². The minimum Gasteiger partial charge on any atom is -0.394 e. The zero-order valence-corrected chi connectivity index (χ0v) is 81.0. The van der Waals surface area contributed by atoms with E-state index in [0.717, 1.165) is 0 Å². The summed E-state index contributed by atoms with van der Waals surface area (Å²) in [6.45, 7) is -11.4. The third kappa shape index (κ3) is 32.6. The molecule has 11 aliphatic heterocycles. The van der Waals surface area contributed by atoms with E-state index < -0.39 is 372 Å². The van der Waals surface area contributed by atoms with E-state index in [9.17, 15) is 202 Å². The van der Waals surface area contributed by atoms with Gasteiger partial charge in [-0.2, -0.15) is 0 Å². The Hall–Kier alpha value is -8.96. The minimum atomic E-state index is -2.54. The van der Waals surface area contributed by atoms with Gasteiger partial charge in [0, 0.05) is 101 Å². The number of aliphatic hydroxyl groups excluding tert-OH is 32. The Morgan fingerprint density at radius 1 is 0.267 bits per heavy atom. The summed E-state index contributed by atoms with van der Waals surface area (Å²) in [7, 11) is 0. The SMILES string of the molecule is O=C(NCCC(=O)N1CCCCN(C(=O)CCNC(=O)[C@@H](O)[C@H](O)[C@@H](O[C@@H]2O[C@H](CO)[C@H](O)[C@H](O)[C@H]2O)[C@@H](O)CO)c2ccc(cc2)Cc2ccc(cc2)N(C(=O)CCNC(=O)[C@@H](O)[C@H](O)[C@@H](O[C@@H]2O[C@H](CO)[C@H](O)[C@H](O)[C@H]2O)[C@@H](O)CO)CCCCN(C(=O)CCNC(=O)[C@@H](O)[C@H](O)[C@@H](O[C@@H]2O[C@H](CO)[C@H](O)[C@H](O)[C@H]2O)[C@@H](O)CO)c2ccc(cc2)Cc2ccc1cc2)[C@@H](O)[C@H](O)[C@@H](O[C@@H]1O[C@H](CO)[C@H](O)[C@H](O)[C@H]1O)[C@@H](O)CO. The number of anilines is 4. The summed E-state index contributed by atoms with van der Waals surface area (Å²) >= 11 is 0. The third-order valence-corrected chi connectivity index (χ3v) is 26.1. The highest BCUT2D eigenvalue weighted by atomic mass is 16.7. The number of carbonyl (C=O) groups excluding carboxylic acids is 8. The highest BCUT2D eigenvalue weighted by Crippen LogP contribution is 2.34. The standard InChI is InChI=1S/C94H140N8O48/c103-35-51(111)83(147-91-79(135)67(123)63(119)55(39-107)143-91)71(127)75(131)87(139)95-25-21-59(115)99-29-1-2-30-100(60(116)22-26-96-88(140)76(132)72(128)84(52(112)36-104)148-92-80(136)68(124)64(120)56(40-108)144-92)48-15-7-44(8-16-48)34-46-11-19-50(20-12-46)102(62(118)24-28-98-90(142)78(134)74(130)86(54(114)38-106)150-94-82(138)70(126)66(122)58(42-110)146-94)32-4-3-31-101(49-17-9-45(10-18-49)33-43-5-13-47(99)14-6-43)61(117)23-27-97-89(141)77(133)73(129)85(53(113)37-105)149-93-81(137)69(125)65(121)57(41-109)145-93/h5-20,51-58,63-86,91-94,103-114,119-138H,1-4,21-42H2,(H,95,139)(H,96,140)(H,97,141)(H,98,142)/t51-,52-,53-,54-,55+,56+,57+,58+,63-,64-,65-,66-,67-,68-,69-,70-,71-,72-,73-,74-,75-,76-,77-,78-,79+,80+,81+,82+,83-,84-,85-,86-,91-,92-,93-,94-/m0/s1. The smallest absolute Gasteiger partial charge is 0.251 e. The van der Waals surface area contributed by atoms with Crippen LogP contribution in [0.1, 0.15) is 73.6 Å². The van der Waals surface area contributed by atoms with Crippen LogP contribution < -0.4 is 40.9 Å². The maximum Gasteiger partial charge on any atom is 0.251 e. The summed E-state index contributed by atoms with van der Waals surface area (Å²) in [6.07, 6.45) is -77.6. The predicted octanol–water partition coefficient (Wildman–Crippen LogP) is -17.5. The van der Waals surface area contributed by atoms with E-state index >= 15 is 0 Å². The summed E-state index contributed by atoms with van der Waals surface area (Å²) in [5, 5.41) is 346. The van der Waals surface area contributed by atoms with Crippen molar-refractivity contribution in [2.45, 2.75) is 285 Å². The number of hydrogen-bond donors (Lipinski definition) is 36. The molecule has 150 heavy (non-hydrogen) atoms. The number of aliphatic hydroxyl groups is 32. The molecule has 0 unspecified atom stereocenters. The van der Waals surface area contributed by atoms with Gasteiger partial charge in [0.2, 0.25) is 23.6 Å². The molecule has 56 heteroatoms. The molecule has 4 aromatic carbocycles. The van der Waals surface area contributed by atoms with Gasteiger partial charge in [0.15, 0.2) is 49.6 Å². The van der Waals surface area contributed by atoms with Gasteiger partial charge in [-0.3, -0.25) is 38.4 Å². The molecule has 36 atom stereocenters. The molecule has 8 bridgehead atoms. The molecule has 4 aromatic rings. The van der Waals surface area contributed by atoms with Gasteiger partial charge in [-0.05, 0) is 109 Å². The second-order valence-corrected chi connectivity index (χ2v) is 36.7. The van der Waals surface area contributed by atoms with E-state index in [1.54, 1.807) is 97.1 Å². The lowest BCUT2D eigenvalue weighted by Gasteiger charge is -2.42. The van der Waals surface area contributed by atoms with Crippen molar-refractivity contribution in [1.82, 2.24) is 21.3 Å². The monoisotopic (exact) mass is 2150 g/mol. The Morgan fingerprint density at radius 2 is 0.440 bits per heavy atom. The summed E-state index contributed by atoms with van der Waals surface area (Å²) < 4.78 is 43.0. The molecule has 15 rings (SSSR count). The second kappa shape index (κ2) is 59.6. The average Bonchev–Trinajstić information content (AvgIpc) is 0.808. The van der Waals surface area contributed by atoms with Crippen molar-refractivity contribution >= 4 is 70.0 Å². The number of ether oxygens (including phenoxy) is 8. The first kappa shape index (κ1) is 125. The Balaban J connectivity index is 1.00. The fourth-order valence-electron chi connectivity index (χ4n) is 17.1. The van der Waals surface area contributed by atoms with Crippen LogP contribution in [0.15, 0.2) is 97.1 Å². The van der Waals surface area contributed by atoms with Gasteiger partial charge in [0.25, 0.3) is 23.6 Å². The topological polar surface area (TPSA) is 919 Å². The fraction of sp³-hybridized carbons (Fsp3) is 0.660. The molecule has 0 spiro atoms. The zero-order valence-electron chi connectivity index (χ0n) is 81.0. The van der Waals surface area contributed by atoms with Gasteiger partial charge in [0.1, 0.15) is 171 Å². The molecule has 56 nitrogen and oxygen atoms in total. The number of benzene rings is 4. The molecule has 0 saturated carbocycles. The molecule has 0 aliphatic carbocycles. The normalized spacial score (nSPS) is 28.7. The molecule has 0 radical (unpaired) electrons. The predicted molar refractivity (Wildman–Crippen MR) is 505 cm³/mol. The van der Waals surface area contributed by atoms with E-state index in [1.807, 2.05) is 0 Å². The van der Waals surface area contributed by atoms with Crippen molar-refractivity contribution in [1.29, 1.82) is 0 Å². The Labute approximate surface area is 856 Å². The average molecular weight is 2150 g/mol. The fourth-order valence-corrected chi connectivity index (χ4v) is 17.1. The van der Waals surface area contributed by atoms with Crippen LogP contribution in [0.25, 0.3) is 0 Å². The molecular formula is C94H140N8O48. The Kier molecular flexibility index (Phi) is 49.5. The Bertz CT molecular complexity index is 4220. The van der Waals surface area contributed by atoms with Crippen LogP contribution in [0.3, 0.4) is 0 Å². The van der Waals surface area contributed by atoms with E-state index in [2.05, 4.69) is 21.3 Å². The summed E-state index contributed by atoms with van der Waals surface area (Å²) in [6, 6.07) is 25.8. The molecule has 4 fully saturated rings. The van der Waals surface area contributed by atoms with Crippen LogP contribution >= 0.6 is 0 Å². The van der Waals surface area contributed by atoms with Gasteiger partial charge in [0.05, 0.1) is 52.9 Å². The summed E-state index contributed by atoms with van der Waals surface area (Å²) in [4.78, 5) is 119. The van der Waals surface area contributed by atoms with Gasteiger partial charge in [-0.15, -0.1) is 0 Å². The first-order valence-electron chi connectivity index (χ1n) is 48.5. The van der Waals surface area contributed by atoms with Gasteiger partial charge in [-0.25, -0.2) is 0 Å². The van der Waals surface area contributed by atoms with Crippen molar-refractivity contribution in [3.63, 3.8) is 0 Å². The maximum atomic E-state index is 14.8. The maximum absolute atomic E-state index is 14.8. The zero-order chi connectivity index (χ0) is 111. The molecule has 0 aromatic heterocycles. The van der Waals surface area contributed by atoms with Crippen molar-refractivity contribution in [3.05, 3.63) is 119 Å². The molecule has 11 heterocycles. The second-order valence-electron chi connectivity index (χ2n) is 36.7. The Morgan fingerprint density at radius 3 is 0.600 bits per heavy atom. The molecule has 4 saturated heterocycles. The third-order valence-electron chi connectivity index (χ3n) is 26.1. The van der Waals surface area contributed by atoms with Crippen LogP contribution in [0.2, 0.25) is 0 Å². The number of carbonyl (C=O) groups is 8. The highest BCUT2D eigenvalue weighted by molar-refractivity contribution is 5.97. The lowest BCUT2D eigenvalue weighted by Crippen LogP contribution is -2.62. The van der Waals surface area contributed by atoms with E-state index in [1.165, 1.54) is 19.6 Å². The number of amides is 8. The van der Waals surface area contributed by atoms with Crippen molar-refractivity contribution in [2.75, 3.05) is 125 Å². The quantitative estimate of drug-likeness (QED) is 0.0195. The summed E-state index contributed by atoms with van der Waals surface area (Å²) in [5.41, 5.74) is 3.43. The van der Waals surface area contributed by atoms with Crippen molar-refractivity contribution < 1.29 is 240 Å². The van der Waals surface area contributed by atoms with Crippen LogP contribution in [0, 0.1) is 0 Å². The number of nitrogens with zero attached hydrogens (tertiary/aromatic N) is 4. The lowest BCUT2D eigenvalue weighted by atomic mass is 9.98. The van der Waals surface area contributed by atoms with Gasteiger partial charge in [-0.1, -0.05) is 48.5 Å². The molecule has 8 amide bonds. The molecule has 11 aliphatic rings. The molecule has 36 N–H and O–H groups in total. The molecular weight excluding hydrogens is 2010 g/mol. The first-order valence-corrected chi connectivity index (χ1v) is 48.5. The van der Waals surface area contributed by atoms with E-state index in [0.29, 0.717) is 22.3 Å². The van der Waals surface area contributed by atoms with E-state index in [4.69, 9.17) is 37.9 Å². The van der Waals surface area contributed by atoms with Crippen LogP contribution in [0.5, 0.6) is 0 Å². The van der Waals surface area contributed by atoms with Crippen molar-refractivity contribution in [2.24, 2.45) is 0 Å². The highest BCUT2D eigenvalue weighted by Gasteiger charge is 2.54. The molecule has 844 valence electrons. The minimum absolute atomic E-state index is 0.0614. The van der Waals surface area contributed by atoms with Gasteiger partial charge < -0.3 is 242 Å². The van der Waals surface area contributed by atoms with E-state index in [-0.39, 0.29) is 87.5 Å². The number of nitrogens with one attached hydrogen (secondary N) is 4.